The number of carbonyl (C=O) groups is 2. The van der Waals surface area contributed by atoms with Gasteiger partial charge in [0, 0.05) is 10.6 Å². The van der Waals surface area contributed by atoms with Gasteiger partial charge in [-0.2, -0.15) is 0 Å². The van der Waals surface area contributed by atoms with Crippen LogP contribution in [-0.2, 0) is 4.79 Å². The summed E-state index contributed by atoms with van der Waals surface area (Å²) in [5.74, 6) is -1.27. The first-order valence-corrected chi connectivity index (χ1v) is 6.49. The predicted molar refractivity (Wildman–Crippen MR) is 74.5 cm³/mol. The Kier molecular flexibility index (Phi) is 5.36. The molecule has 0 bridgehead atoms. The van der Waals surface area contributed by atoms with Gasteiger partial charge in [0.05, 0.1) is 0 Å². The molecule has 1 aromatic rings. The van der Waals surface area contributed by atoms with Gasteiger partial charge in [-0.3, -0.25) is 4.79 Å². The van der Waals surface area contributed by atoms with E-state index in [4.69, 9.17) is 16.7 Å². The molecule has 0 fully saturated rings. The molecule has 2 N–H and O–H groups in total. The standard InChI is InChI=1S/C14H18ClNO3/c1-8(2)6-12(14(18)19)16-13(17)10-5-4-9(3)11(15)7-10/h4-5,7-8,12H,6H2,1-3H3,(H,16,17)(H,18,19). The minimum Gasteiger partial charge on any atom is -0.480 e. The van der Waals surface area contributed by atoms with Gasteiger partial charge in [0.1, 0.15) is 6.04 Å². The minimum absolute atomic E-state index is 0.183. The van der Waals surface area contributed by atoms with E-state index in [1.807, 2.05) is 20.8 Å². The molecule has 0 saturated carbocycles. The number of benzene rings is 1. The van der Waals surface area contributed by atoms with E-state index in [1.54, 1.807) is 18.2 Å². The van der Waals surface area contributed by atoms with Crippen LogP contribution in [0, 0.1) is 12.8 Å². The van der Waals surface area contributed by atoms with Gasteiger partial charge >= 0.3 is 5.97 Å². The number of aliphatic carboxylic acids is 1. The fourth-order valence-electron chi connectivity index (χ4n) is 1.67. The highest BCUT2D eigenvalue weighted by atomic mass is 35.5. The van der Waals surface area contributed by atoms with Crippen molar-refractivity contribution in [2.24, 2.45) is 5.92 Å². The number of amides is 1. The number of hydrogen-bond donors (Lipinski definition) is 2. The Morgan fingerprint density at radius 2 is 2.00 bits per heavy atom. The van der Waals surface area contributed by atoms with E-state index in [2.05, 4.69) is 5.32 Å². The quantitative estimate of drug-likeness (QED) is 0.873. The molecule has 0 aliphatic rings. The normalized spacial score (nSPS) is 12.3. The zero-order valence-corrected chi connectivity index (χ0v) is 12.0. The summed E-state index contributed by atoms with van der Waals surface area (Å²) >= 11 is 5.95. The third-order valence-electron chi connectivity index (χ3n) is 2.74. The van der Waals surface area contributed by atoms with Crippen molar-refractivity contribution in [2.75, 3.05) is 0 Å². The van der Waals surface area contributed by atoms with Crippen molar-refractivity contribution in [3.8, 4) is 0 Å². The summed E-state index contributed by atoms with van der Waals surface area (Å²) in [5.41, 5.74) is 1.24. The highest BCUT2D eigenvalue weighted by Crippen LogP contribution is 2.17. The fourth-order valence-corrected chi connectivity index (χ4v) is 1.85. The van der Waals surface area contributed by atoms with Crippen LogP contribution in [0.4, 0.5) is 0 Å². The molecule has 0 saturated heterocycles. The van der Waals surface area contributed by atoms with Crippen LogP contribution in [0.15, 0.2) is 18.2 Å². The molecule has 4 nitrogen and oxygen atoms in total. The summed E-state index contributed by atoms with van der Waals surface area (Å²) in [7, 11) is 0. The van der Waals surface area contributed by atoms with Crippen molar-refractivity contribution in [2.45, 2.75) is 33.2 Å². The van der Waals surface area contributed by atoms with Crippen LogP contribution in [0.2, 0.25) is 5.02 Å². The molecule has 1 amide bonds. The fraction of sp³-hybridized carbons (Fsp3) is 0.429. The van der Waals surface area contributed by atoms with Gasteiger partial charge in [-0.1, -0.05) is 31.5 Å². The second-order valence-electron chi connectivity index (χ2n) is 4.96. The molecule has 0 radical (unpaired) electrons. The highest BCUT2D eigenvalue weighted by Gasteiger charge is 2.21. The molecule has 104 valence electrons. The monoisotopic (exact) mass is 283 g/mol. The number of carbonyl (C=O) groups excluding carboxylic acids is 1. The van der Waals surface area contributed by atoms with Crippen LogP contribution in [0.25, 0.3) is 0 Å². The van der Waals surface area contributed by atoms with E-state index in [1.165, 1.54) is 0 Å². The lowest BCUT2D eigenvalue weighted by atomic mass is 10.0. The van der Waals surface area contributed by atoms with Gasteiger partial charge in [-0.15, -0.1) is 0 Å². The van der Waals surface area contributed by atoms with E-state index in [0.29, 0.717) is 17.0 Å². The number of aryl methyl sites for hydroxylation is 1. The maximum absolute atomic E-state index is 12.0. The van der Waals surface area contributed by atoms with Crippen LogP contribution >= 0.6 is 11.6 Å². The average molecular weight is 284 g/mol. The molecule has 1 rings (SSSR count). The predicted octanol–water partition coefficient (Wildman–Crippen LogP) is 2.88. The highest BCUT2D eigenvalue weighted by molar-refractivity contribution is 6.31. The molecule has 1 atom stereocenters. The van der Waals surface area contributed by atoms with Crippen molar-refractivity contribution < 1.29 is 14.7 Å². The Hall–Kier alpha value is -1.55. The van der Waals surface area contributed by atoms with Crippen LogP contribution in [-0.4, -0.2) is 23.0 Å². The zero-order valence-electron chi connectivity index (χ0n) is 11.2. The molecule has 1 unspecified atom stereocenters. The third kappa shape index (κ3) is 4.56. The van der Waals surface area contributed by atoms with Gasteiger partial charge in [-0.05, 0) is 37.0 Å². The Morgan fingerprint density at radius 1 is 1.37 bits per heavy atom. The summed E-state index contributed by atoms with van der Waals surface area (Å²) in [6.45, 7) is 5.65. The van der Waals surface area contributed by atoms with Crippen LogP contribution in [0.1, 0.15) is 36.2 Å². The summed E-state index contributed by atoms with van der Waals surface area (Å²) in [4.78, 5) is 23.1. The molecule has 0 aromatic heterocycles. The maximum atomic E-state index is 12.0. The molecule has 0 spiro atoms. The minimum atomic E-state index is -1.03. The zero-order chi connectivity index (χ0) is 14.6. The molecule has 0 aliphatic heterocycles. The van der Waals surface area contributed by atoms with Crippen molar-refractivity contribution in [1.82, 2.24) is 5.32 Å². The number of halogens is 1. The lowest BCUT2D eigenvalue weighted by Gasteiger charge is -2.16. The molecular weight excluding hydrogens is 266 g/mol. The van der Waals surface area contributed by atoms with Gasteiger partial charge < -0.3 is 10.4 Å². The number of nitrogens with one attached hydrogen (secondary N) is 1. The first-order chi connectivity index (χ1) is 8.81. The molecule has 1 aromatic carbocycles. The molecule has 5 heteroatoms. The van der Waals surface area contributed by atoms with Gasteiger partial charge in [0.25, 0.3) is 5.91 Å². The SMILES string of the molecule is Cc1ccc(C(=O)NC(CC(C)C)C(=O)O)cc1Cl. The first kappa shape index (κ1) is 15.5. The maximum Gasteiger partial charge on any atom is 0.326 e. The van der Waals surface area contributed by atoms with Gasteiger partial charge in [-0.25, -0.2) is 4.79 Å². The number of hydrogen-bond acceptors (Lipinski definition) is 2. The Morgan fingerprint density at radius 3 is 2.47 bits per heavy atom. The van der Waals surface area contributed by atoms with Gasteiger partial charge in [0.2, 0.25) is 0 Å². The largest absolute Gasteiger partial charge is 0.480 e. The Balaban J connectivity index is 2.81. The topological polar surface area (TPSA) is 66.4 Å². The summed E-state index contributed by atoms with van der Waals surface area (Å²) in [6.07, 6.45) is 0.390. The average Bonchev–Trinajstić information content (AvgIpc) is 2.31. The lowest BCUT2D eigenvalue weighted by Crippen LogP contribution is -2.41. The number of rotatable bonds is 5. The third-order valence-corrected chi connectivity index (χ3v) is 3.15. The summed E-state index contributed by atoms with van der Waals surface area (Å²) in [6, 6.07) is 4.02. The molecule has 0 heterocycles. The number of carboxylic acid groups (broad SMARTS) is 1. The Bertz CT molecular complexity index is 486. The van der Waals surface area contributed by atoms with E-state index in [-0.39, 0.29) is 5.92 Å². The van der Waals surface area contributed by atoms with Crippen molar-refractivity contribution in [3.63, 3.8) is 0 Å². The second-order valence-corrected chi connectivity index (χ2v) is 5.36. The van der Waals surface area contributed by atoms with Crippen LogP contribution < -0.4 is 5.32 Å². The van der Waals surface area contributed by atoms with E-state index >= 15 is 0 Å². The summed E-state index contributed by atoms with van der Waals surface area (Å²) in [5, 5.41) is 12.1. The second kappa shape index (κ2) is 6.57. The molecular formula is C14H18ClNO3. The lowest BCUT2D eigenvalue weighted by molar-refractivity contribution is -0.139. The first-order valence-electron chi connectivity index (χ1n) is 6.11. The smallest absolute Gasteiger partial charge is 0.326 e. The van der Waals surface area contributed by atoms with Gasteiger partial charge in [0.15, 0.2) is 0 Å². The van der Waals surface area contributed by atoms with Crippen molar-refractivity contribution in [1.29, 1.82) is 0 Å². The van der Waals surface area contributed by atoms with Crippen LogP contribution in [0.3, 0.4) is 0 Å². The van der Waals surface area contributed by atoms with E-state index in [9.17, 15) is 9.59 Å². The van der Waals surface area contributed by atoms with E-state index < -0.39 is 17.9 Å². The Labute approximate surface area is 117 Å². The van der Waals surface area contributed by atoms with E-state index in [0.717, 1.165) is 5.56 Å². The number of carboxylic acids is 1. The van der Waals surface area contributed by atoms with Crippen molar-refractivity contribution in [3.05, 3.63) is 34.3 Å². The molecule has 0 aliphatic carbocycles. The van der Waals surface area contributed by atoms with Crippen LogP contribution in [0.5, 0.6) is 0 Å². The molecule has 19 heavy (non-hydrogen) atoms. The van der Waals surface area contributed by atoms with Crippen molar-refractivity contribution >= 4 is 23.5 Å². The summed E-state index contributed by atoms with van der Waals surface area (Å²) < 4.78 is 0.